The zero-order chi connectivity index (χ0) is 13.0. The highest BCUT2D eigenvalue weighted by molar-refractivity contribution is 5.99. The third-order valence-corrected chi connectivity index (χ3v) is 2.86. The number of amides is 2. The molecule has 4 heteroatoms. The maximum absolute atomic E-state index is 11.5. The second-order valence-corrected chi connectivity index (χ2v) is 4.23. The molecule has 0 aliphatic carbocycles. The van der Waals surface area contributed by atoms with Crippen LogP contribution in [0.25, 0.3) is 6.08 Å². The molecule has 0 radical (unpaired) electrons. The molecule has 4 nitrogen and oxygen atoms in total. The second kappa shape index (κ2) is 5.49. The number of hydrogen-bond acceptors (Lipinski definition) is 2. The first-order valence-corrected chi connectivity index (χ1v) is 5.99. The standard InChI is InChI=1S/C14H16N2O2/c1-10(17)15-8-3-2-5-11-6-4-7-12-13(11)9-16-14(12)18/h2,4-7H,3,8-9H2,1H3,(H,15,17)(H,16,18). The Morgan fingerprint density at radius 3 is 3.11 bits per heavy atom. The number of hydrogen-bond donors (Lipinski definition) is 2. The first-order chi connectivity index (χ1) is 8.68. The minimum absolute atomic E-state index is 0.00139. The first-order valence-electron chi connectivity index (χ1n) is 5.99. The highest BCUT2D eigenvalue weighted by atomic mass is 16.2. The maximum Gasteiger partial charge on any atom is 0.251 e. The fraction of sp³-hybridized carbons (Fsp3) is 0.286. The molecule has 1 aliphatic rings. The first kappa shape index (κ1) is 12.4. The van der Waals surface area contributed by atoms with Crippen LogP contribution in [0.15, 0.2) is 24.3 Å². The number of benzene rings is 1. The maximum atomic E-state index is 11.5. The van der Waals surface area contributed by atoms with Gasteiger partial charge in [-0.25, -0.2) is 0 Å². The number of carbonyl (C=O) groups excluding carboxylic acids is 2. The Balaban J connectivity index is 2.00. The van der Waals surface area contributed by atoms with Crippen LogP contribution < -0.4 is 10.6 Å². The molecule has 0 saturated carbocycles. The third-order valence-electron chi connectivity index (χ3n) is 2.86. The van der Waals surface area contributed by atoms with Gasteiger partial charge in [0.2, 0.25) is 5.91 Å². The van der Waals surface area contributed by atoms with E-state index in [-0.39, 0.29) is 11.8 Å². The van der Waals surface area contributed by atoms with E-state index in [9.17, 15) is 9.59 Å². The minimum Gasteiger partial charge on any atom is -0.356 e. The van der Waals surface area contributed by atoms with Crippen molar-refractivity contribution < 1.29 is 9.59 Å². The number of nitrogens with one attached hydrogen (secondary N) is 2. The number of fused-ring (bicyclic) bond motifs is 1. The van der Waals surface area contributed by atoms with Gasteiger partial charge in [0, 0.05) is 25.6 Å². The SMILES string of the molecule is CC(=O)NCCC=Cc1cccc2c1CNC2=O. The predicted molar refractivity (Wildman–Crippen MR) is 69.9 cm³/mol. The minimum atomic E-state index is -0.0150. The lowest BCUT2D eigenvalue weighted by Crippen LogP contribution is -2.20. The van der Waals surface area contributed by atoms with Crippen molar-refractivity contribution in [2.45, 2.75) is 19.9 Å². The molecule has 1 aromatic rings. The molecule has 0 saturated heterocycles. The van der Waals surface area contributed by atoms with Gasteiger partial charge >= 0.3 is 0 Å². The quantitative estimate of drug-likeness (QED) is 0.788. The van der Waals surface area contributed by atoms with Crippen LogP contribution >= 0.6 is 0 Å². The fourth-order valence-electron chi connectivity index (χ4n) is 1.98. The summed E-state index contributed by atoms with van der Waals surface area (Å²) in [7, 11) is 0. The lowest BCUT2D eigenvalue weighted by Gasteiger charge is -2.01. The van der Waals surface area contributed by atoms with E-state index in [1.165, 1.54) is 6.92 Å². The largest absolute Gasteiger partial charge is 0.356 e. The Morgan fingerprint density at radius 2 is 2.33 bits per heavy atom. The van der Waals surface area contributed by atoms with Crippen molar-refractivity contribution >= 4 is 17.9 Å². The lowest BCUT2D eigenvalue weighted by atomic mass is 10.0. The van der Waals surface area contributed by atoms with Gasteiger partial charge in [-0.05, 0) is 23.6 Å². The van der Waals surface area contributed by atoms with Gasteiger partial charge in [0.25, 0.3) is 5.91 Å². The average molecular weight is 244 g/mol. The highest BCUT2D eigenvalue weighted by Gasteiger charge is 2.19. The molecule has 18 heavy (non-hydrogen) atoms. The Hall–Kier alpha value is -2.10. The van der Waals surface area contributed by atoms with Crippen molar-refractivity contribution in [2.24, 2.45) is 0 Å². The van der Waals surface area contributed by atoms with Crippen molar-refractivity contribution in [1.29, 1.82) is 0 Å². The predicted octanol–water partition coefficient (Wildman–Crippen LogP) is 1.47. The molecule has 2 amide bonds. The van der Waals surface area contributed by atoms with E-state index < -0.39 is 0 Å². The van der Waals surface area contributed by atoms with E-state index >= 15 is 0 Å². The third kappa shape index (κ3) is 2.77. The van der Waals surface area contributed by atoms with Crippen molar-refractivity contribution in [3.8, 4) is 0 Å². The molecule has 2 N–H and O–H groups in total. The van der Waals surface area contributed by atoms with Crippen LogP contribution in [0.5, 0.6) is 0 Å². The van der Waals surface area contributed by atoms with Crippen molar-refractivity contribution in [3.05, 3.63) is 41.0 Å². The molecule has 1 aliphatic heterocycles. The van der Waals surface area contributed by atoms with Crippen LogP contribution in [0.2, 0.25) is 0 Å². The second-order valence-electron chi connectivity index (χ2n) is 4.23. The Kier molecular flexibility index (Phi) is 3.77. The zero-order valence-corrected chi connectivity index (χ0v) is 10.3. The van der Waals surface area contributed by atoms with Crippen molar-refractivity contribution in [2.75, 3.05) is 6.54 Å². The van der Waals surface area contributed by atoms with E-state index in [0.717, 1.165) is 23.1 Å². The van der Waals surface area contributed by atoms with Gasteiger partial charge in [-0.2, -0.15) is 0 Å². The summed E-state index contributed by atoms with van der Waals surface area (Å²) in [5.74, 6) is -0.0164. The van der Waals surface area contributed by atoms with Crippen LogP contribution in [0.3, 0.4) is 0 Å². The highest BCUT2D eigenvalue weighted by Crippen LogP contribution is 2.20. The summed E-state index contributed by atoms with van der Waals surface area (Å²) in [6.07, 6.45) is 4.79. The summed E-state index contributed by atoms with van der Waals surface area (Å²) in [6, 6.07) is 5.72. The van der Waals surface area contributed by atoms with Crippen LogP contribution in [-0.2, 0) is 11.3 Å². The van der Waals surface area contributed by atoms with Gasteiger partial charge in [0.1, 0.15) is 0 Å². The van der Waals surface area contributed by atoms with Gasteiger partial charge in [0.15, 0.2) is 0 Å². The Bertz CT molecular complexity index is 507. The van der Waals surface area contributed by atoms with E-state index in [1.807, 2.05) is 30.4 Å². The topological polar surface area (TPSA) is 58.2 Å². The van der Waals surface area contributed by atoms with Gasteiger partial charge < -0.3 is 10.6 Å². The van der Waals surface area contributed by atoms with Crippen LogP contribution in [0.1, 0.15) is 34.8 Å². The van der Waals surface area contributed by atoms with Gasteiger partial charge in [0.05, 0.1) is 0 Å². The van der Waals surface area contributed by atoms with Crippen LogP contribution in [0, 0.1) is 0 Å². The summed E-state index contributed by atoms with van der Waals surface area (Å²) in [6.45, 7) is 2.74. The van der Waals surface area contributed by atoms with E-state index in [2.05, 4.69) is 10.6 Å². The molecule has 1 heterocycles. The monoisotopic (exact) mass is 244 g/mol. The number of carbonyl (C=O) groups is 2. The summed E-state index contributed by atoms with van der Waals surface area (Å²) in [5, 5.41) is 5.55. The molecule has 2 rings (SSSR count). The molecule has 0 atom stereocenters. The molecular weight excluding hydrogens is 228 g/mol. The molecule has 0 bridgehead atoms. The van der Waals surface area contributed by atoms with E-state index in [4.69, 9.17) is 0 Å². The molecule has 94 valence electrons. The summed E-state index contributed by atoms with van der Waals surface area (Å²) in [4.78, 5) is 22.2. The fourth-order valence-corrected chi connectivity index (χ4v) is 1.98. The molecule has 0 unspecified atom stereocenters. The van der Waals surface area contributed by atoms with E-state index in [0.29, 0.717) is 13.1 Å². The Morgan fingerprint density at radius 1 is 1.50 bits per heavy atom. The molecule has 0 fully saturated rings. The van der Waals surface area contributed by atoms with E-state index in [1.54, 1.807) is 0 Å². The smallest absolute Gasteiger partial charge is 0.251 e. The summed E-state index contributed by atoms with van der Waals surface area (Å²) >= 11 is 0. The zero-order valence-electron chi connectivity index (χ0n) is 10.3. The molecular formula is C14H16N2O2. The van der Waals surface area contributed by atoms with Crippen molar-refractivity contribution in [3.63, 3.8) is 0 Å². The summed E-state index contributed by atoms with van der Waals surface area (Å²) in [5.41, 5.74) is 2.88. The van der Waals surface area contributed by atoms with Gasteiger partial charge in [-0.3, -0.25) is 9.59 Å². The summed E-state index contributed by atoms with van der Waals surface area (Å²) < 4.78 is 0. The van der Waals surface area contributed by atoms with Crippen molar-refractivity contribution in [1.82, 2.24) is 10.6 Å². The Labute approximate surface area is 106 Å². The van der Waals surface area contributed by atoms with Crippen LogP contribution in [-0.4, -0.2) is 18.4 Å². The molecule has 0 aromatic heterocycles. The number of rotatable bonds is 4. The average Bonchev–Trinajstić information content (AvgIpc) is 2.71. The normalized spacial score (nSPS) is 13.5. The van der Waals surface area contributed by atoms with Gasteiger partial charge in [-0.1, -0.05) is 24.3 Å². The molecule has 0 spiro atoms. The van der Waals surface area contributed by atoms with Gasteiger partial charge in [-0.15, -0.1) is 0 Å². The van der Waals surface area contributed by atoms with Crippen LogP contribution in [0.4, 0.5) is 0 Å². The lowest BCUT2D eigenvalue weighted by molar-refractivity contribution is -0.118. The molecule has 1 aromatic carbocycles.